The summed E-state index contributed by atoms with van der Waals surface area (Å²) in [5, 5.41) is 12.2. The molecule has 0 spiro atoms. The second-order valence-corrected chi connectivity index (χ2v) is 9.22. The molecular formula is C31H29ClN4O4. The van der Waals surface area contributed by atoms with Crippen molar-refractivity contribution >= 4 is 41.0 Å². The molecule has 40 heavy (non-hydrogen) atoms. The van der Waals surface area contributed by atoms with Crippen LogP contribution in [-0.2, 0) is 4.74 Å². The Morgan fingerprint density at radius 3 is 1.73 bits per heavy atom. The molecule has 0 aliphatic carbocycles. The average Bonchev–Trinajstić information content (AvgIpc) is 2.97. The van der Waals surface area contributed by atoms with Crippen LogP contribution in [0.5, 0.6) is 0 Å². The van der Waals surface area contributed by atoms with E-state index in [1.165, 1.54) is 0 Å². The molecule has 0 fully saturated rings. The molecular weight excluding hydrogens is 528 g/mol. The molecule has 0 radical (unpaired) electrons. The maximum absolute atomic E-state index is 13.3. The molecule has 0 bridgehead atoms. The molecule has 0 saturated carbocycles. The predicted octanol–water partition coefficient (Wildman–Crippen LogP) is 6.94. The van der Waals surface area contributed by atoms with Crippen molar-refractivity contribution in [2.24, 2.45) is 0 Å². The largest absolute Gasteiger partial charge is 0.462 e. The van der Waals surface area contributed by atoms with Gasteiger partial charge >= 0.3 is 18.0 Å². The molecule has 4 aromatic carbocycles. The molecule has 2 atom stereocenters. The van der Waals surface area contributed by atoms with E-state index in [0.717, 1.165) is 11.1 Å². The van der Waals surface area contributed by atoms with Crippen LogP contribution in [0.25, 0.3) is 0 Å². The molecule has 0 heterocycles. The second kappa shape index (κ2) is 13.8. The van der Waals surface area contributed by atoms with Gasteiger partial charge in [0.1, 0.15) is 0 Å². The maximum atomic E-state index is 13.3. The summed E-state index contributed by atoms with van der Waals surface area (Å²) in [4.78, 5) is 38.5. The van der Waals surface area contributed by atoms with Gasteiger partial charge in [-0.05, 0) is 60.5 Å². The van der Waals surface area contributed by atoms with Crippen molar-refractivity contribution in [3.8, 4) is 0 Å². The molecule has 0 aromatic heterocycles. The van der Waals surface area contributed by atoms with Gasteiger partial charge < -0.3 is 26.0 Å². The van der Waals surface area contributed by atoms with E-state index < -0.39 is 30.1 Å². The van der Waals surface area contributed by atoms with Crippen LogP contribution in [0.4, 0.5) is 21.0 Å². The molecule has 0 aliphatic rings. The molecule has 4 N–H and O–H groups in total. The summed E-state index contributed by atoms with van der Waals surface area (Å²) < 4.78 is 5.06. The number of rotatable bonds is 9. The fourth-order valence-corrected chi connectivity index (χ4v) is 4.25. The monoisotopic (exact) mass is 556 g/mol. The van der Waals surface area contributed by atoms with Crippen molar-refractivity contribution < 1.29 is 19.1 Å². The zero-order valence-corrected chi connectivity index (χ0v) is 22.5. The highest BCUT2D eigenvalue weighted by atomic mass is 35.5. The lowest BCUT2D eigenvalue weighted by atomic mass is 9.93. The predicted molar refractivity (Wildman–Crippen MR) is 157 cm³/mol. The van der Waals surface area contributed by atoms with Crippen molar-refractivity contribution in [1.82, 2.24) is 10.6 Å². The third-order valence-corrected chi connectivity index (χ3v) is 6.21. The SMILES string of the molecule is CCOC(=O)c1cccc(NC(=O)N[C@@H](c2ccccc2)[C@@H](NC(=O)Nc2ccc(Cl)cc2)c2ccccc2)c1. The van der Waals surface area contributed by atoms with E-state index in [1.54, 1.807) is 55.5 Å². The third-order valence-electron chi connectivity index (χ3n) is 5.96. The fraction of sp³-hybridized carbons (Fsp3) is 0.129. The van der Waals surface area contributed by atoms with E-state index in [4.69, 9.17) is 16.3 Å². The van der Waals surface area contributed by atoms with Crippen LogP contribution < -0.4 is 21.3 Å². The van der Waals surface area contributed by atoms with Crippen molar-refractivity contribution in [2.45, 2.75) is 19.0 Å². The Hall–Kier alpha value is -4.82. The average molecular weight is 557 g/mol. The minimum absolute atomic E-state index is 0.245. The number of nitrogens with one attached hydrogen (secondary N) is 4. The normalized spacial score (nSPS) is 11.9. The van der Waals surface area contributed by atoms with E-state index in [2.05, 4.69) is 21.3 Å². The van der Waals surface area contributed by atoms with Crippen LogP contribution in [0, 0.1) is 0 Å². The van der Waals surface area contributed by atoms with Gasteiger partial charge in [-0.2, -0.15) is 0 Å². The van der Waals surface area contributed by atoms with E-state index in [-0.39, 0.29) is 6.61 Å². The first-order chi connectivity index (χ1) is 19.4. The summed E-state index contributed by atoms with van der Waals surface area (Å²) in [6.45, 7) is 1.97. The Labute approximate surface area is 237 Å². The van der Waals surface area contributed by atoms with Gasteiger partial charge in [-0.1, -0.05) is 78.3 Å². The van der Waals surface area contributed by atoms with Crippen LogP contribution in [-0.4, -0.2) is 24.6 Å². The highest BCUT2D eigenvalue weighted by Gasteiger charge is 2.28. The summed E-state index contributed by atoms with van der Waals surface area (Å²) in [5.74, 6) is -0.478. The van der Waals surface area contributed by atoms with Crippen molar-refractivity contribution in [3.05, 3.63) is 131 Å². The molecule has 8 nitrogen and oxygen atoms in total. The zero-order valence-electron chi connectivity index (χ0n) is 21.8. The topological polar surface area (TPSA) is 109 Å². The number of ether oxygens (including phenoxy) is 1. The molecule has 4 amide bonds. The molecule has 204 valence electrons. The minimum Gasteiger partial charge on any atom is -0.462 e. The number of hydrogen-bond donors (Lipinski definition) is 4. The van der Waals surface area contributed by atoms with E-state index >= 15 is 0 Å². The Morgan fingerprint density at radius 1 is 0.675 bits per heavy atom. The lowest BCUT2D eigenvalue weighted by Gasteiger charge is -2.30. The smallest absolute Gasteiger partial charge is 0.338 e. The van der Waals surface area contributed by atoms with Crippen LogP contribution in [0.15, 0.2) is 109 Å². The number of anilines is 2. The number of amides is 4. The van der Waals surface area contributed by atoms with Gasteiger partial charge in [0.05, 0.1) is 24.3 Å². The van der Waals surface area contributed by atoms with Crippen molar-refractivity contribution in [2.75, 3.05) is 17.2 Å². The first-order valence-electron chi connectivity index (χ1n) is 12.7. The van der Waals surface area contributed by atoms with E-state index in [1.807, 2.05) is 60.7 Å². The van der Waals surface area contributed by atoms with Crippen molar-refractivity contribution in [1.29, 1.82) is 0 Å². The van der Waals surface area contributed by atoms with Gasteiger partial charge in [0.25, 0.3) is 0 Å². The molecule has 0 saturated heterocycles. The maximum Gasteiger partial charge on any atom is 0.338 e. The van der Waals surface area contributed by atoms with Gasteiger partial charge in [0, 0.05) is 16.4 Å². The highest BCUT2D eigenvalue weighted by Crippen LogP contribution is 2.29. The Morgan fingerprint density at radius 2 is 1.20 bits per heavy atom. The van der Waals surface area contributed by atoms with E-state index in [9.17, 15) is 14.4 Å². The lowest BCUT2D eigenvalue weighted by Crippen LogP contribution is -2.43. The highest BCUT2D eigenvalue weighted by molar-refractivity contribution is 6.30. The first-order valence-corrected chi connectivity index (χ1v) is 13.1. The lowest BCUT2D eigenvalue weighted by molar-refractivity contribution is 0.0526. The van der Waals surface area contributed by atoms with Crippen LogP contribution in [0.2, 0.25) is 5.02 Å². The quantitative estimate of drug-likeness (QED) is 0.167. The van der Waals surface area contributed by atoms with Gasteiger partial charge in [0.2, 0.25) is 0 Å². The van der Waals surface area contributed by atoms with Crippen molar-refractivity contribution in [3.63, 3.8) is 0 Å². The Balaban J connectivity index is 1.59. The number of hydrogen-bond acceptors (Lipinski definition) is 4. The third kappa shape index (κ3) is 7.85. The van der Waals surface area contributed by atoms with E-state index in [0.29, 0.717) is 22.0 Å². The second-order valence-electron chi connectivity index (χ2n) is 8.78. The molecule has 4 rings (SSSR count). The van der Waals surface area contributed by atoms with Crippen LogP contribution in [0.1, 0.15) is 40.5 Å². The molecule has 9 heteroatoms. The summed E-state index contributed by atoms with van der Waals surface area (Å²) in [7, 11) is 0. The Kier molecular flexibility index (Phi) is 9.74. The van der Waals surface area contributed by atoms with Crippen LogP contribution in [0.3, 0.4) is 0 Å². The van der Waals surface area contributed by atoms with Gasteiger partial charge in [-0.25, -0.2) is 14.4 Å². The molecule has 0 aliphatic heterocycles. The van der Waals surface area contributed by atoms with Gasteiger partial charge in [-0.15, -0.1) is 0 Å². The fourth-order valence-electron chi connectivity index (χ4n) is 4.13. The summed E-state index contributed by atoms with van der Waals surface area (Å²) in [5.41, 5.74) is 2.87. The number of esters is 1. The van der Waals surface area contributed by atoms with Crippen LogP contribution >= 0.6 is 11.6 Å². The number of benzene rings is 4. The van der Waals surface area contributed by atoms with Gasteiger partial charge in [-0.3, -0.25) is 0 Å². The number of carbonyl (C=O) groups excluding carboxylic acids is 3. The van der Waals surface area contributed by atoms with Gasteiger partial charge in [0.15, 0.2) is 0 Å². The standard InChI is InChI=1S/C31H29ClN4O4/c1-2-40-29(37)23-14-9-15-26(20-23)34-31(39)36-28(22-12-7-4-8-13-22)27(21-10-5-3-6-11-21)35-30(38)33-25-18-16-24(32)17-19-25/h3-20,27-28H,2H2,1H3,(H2,33,35,38)(H2,34,36,39)/t27-,28-/m0/s1. The molecule has 4 aromatic rings. The first kappa shape index (κ1) is 28.2. The summed E-state index contributed by atoms with van der Waals surface area (Å²) in [6.07, 6.45) is 0. The summed E-state index contributed by atoms with van der Waals surface area (Å²) in [6, 6.07) is 29.7. The Bertz CT molecular complexity index is 1430. The summed E-state index contributed by atoms with van der Waals surface area (Å²) >= 11 is 5.97. The number of halogens is 1. The number of urea groups is 2. The molecule has 0 unspecified atom stereocenters. The minimum atomic E-state index is -0.659. The zero-order chi connectivity index (χ0) is 28.3. The number of carbonyl (C=O) groups is 3.